The number of hydrogen-bond acceptors (Lipinski definition) is 4. The topological polar surface area (TPSA) is 95.6 Å². The van der Waals surface area contributed by atoms with E-state index in [1.165, 1.54) is 16.7 Å². The molecule has 1 aliphatic heterocycles. The molecule has 4 N–H and O–H groups in total. The number of aliphatic imine (C=N–C) groups is 1. The zero-order chi connectivity index (χ0) is 22.2. The van der Waals surface area contributed by atoms with Gasteiger partial charge in [-0.05, 0) is 44.7 Å². The maximum Gasteiger partial charge on any atom is 0.220 e. The van der Waals surface area contributed by atoms with Crippen LogP contribution in [0.3, 0.4) is 0 Å². The fourth-order valence-electron chi connectivity index (χ4n) is 4.17. The number of nitrogens with one attached hydrogen (secondary N) is 2. The molecule has 0 saturated carbocycles. The average molecular weight is 423 g/mol. The molecule has 0 aliphatic carbocycles. The monoisotopic (exact) mass is 422 g/mol. The lowest BCUT2D eigenvalue weighted by Gasteiger charge is -2.32. The lowest BCUT2D eigenvalue weighted by atomic mass is 9.96. The minimum absolute atomic E-state index is 0.0262. The highest BCUT2D eigenvalue weighted by atomic mass is 16.1. The minimum atomic E-state index is -0.196. The molecule has 0 bridgehead atoms. The van der Waals surface area contributed by atoms with Gasteiger partial charge in [-0.1, -0.05) is 35.4 Å². The van der Waals surface area contributed by atoms with Gasteiger partial charge in [0.05, 0.1) is 0 Å². The Morgan fingerprint density at radius 2 is 1.90 bits per heavy atom. The number of pyridine rings is 1. The average Bonchev–Trinajstić information content (AvgIpc) is 2.75. The maximum atomic E-state index is 11.4. The van der Waals surface area contributed by atoms with Gasteiger partial charge >= 0.3 is 0 Å². The Bertz CT molecular complexity index is 898. The van der Waals surface area contributed by atoms with Gasteiger partial charge in [0.2, 0.25) is 5.91 Å². The second-order valence-electron chi connectivity index (χ2n) is 8.25. The Labute approximate surface area is 185 Å². The predicted molar refractivity (Wildman–Crippen MR) is 126 cm³/mol. The first-order chi connectivity index (χ1) is 15.0. The summed E-state index contributed by atoms with van der Waals surface area (Å²) < 4.78 is 0. The first kappa shape index (κ1) is 22.6. The number of guanidine groups is 1. The van der Waals surface area contributed by atoms with Crippen molar-refractivity contribution in [1.29, 1.82) is 0 Å². The number of primary amides is 1. The summed E-state index contributed by atoms with van der Waals surface area (Å²) in [5.41, 5.74) is 10.5. The summed E-state index contributed by atoms with van der Waals surface area (Å²) in [5, 5.41) is 6.80. The minimum Gasteiger partial charge on any atom is -0.369 e. The number of nitrogens with zero attached hydrogens (tertiary/aromatic N) is 3. The van der Waals surface area contributed by atoms with Crippen molar-refractivity contribution in [3.05, 3.63) is 58.8 Å². The zero-order valence-electron chi connectivity index (χ0n) is 18.8. The van der Waals surface area contributed by atoms with Gasteiger partial charge in [0.25, 0.3) is 0 Å². The molecule has 0 atom stereocenters. The number of hydrogen-bond donors (Lipinski definition) is 3. The first-order valence-corrected chi connectivity index (χ1v) is 11.0. The van der Waals surface area contributed by atoms with E-state index >= 15 is 0 Å². The molecule has 0 spiro atoms. The van der Waals surface area contributed by atoms with Crippen molar-refractivity contribution in [2.75, 3.05) is 31.6 Å². The number of carbonyl (C=O) groups is 1. The van der Waals surface area contributed by atoms with Crippen molar-refractivity contribution in [2.45, 2.75) is 39.7 Å². The molecular weight excluding hydrogens is 388 g/mol. The number of piperidine rings is 1. The van der Waals surface area contributed by atoms with Crippen LogP contribution in [0.5, 0.6) is 0 Å². The van der Waals surface area contributed by atoms with Gasteiger partial charge in [0.1, 0.15) is 5.82 Å². The number of carbonyl (C=O) groups excluding carboxylic acids is 1. The van der Waals surface area contributed by atoms with Gasteiger partial charge in [0.15, 0.2) is 5.96 Å². The molecule has 31 heavy (non-hydrogen) atoms. The third-order valence-electron chi connectivity index (χ3n) is 5.72. The van der Waals surface area contributed by atoms with Crippen LogP contribution in [0.15, 0.2) is 41.5 Å². The fraction of sp³-hybridized carbons (Fsp3) is 0.458. The van der Waals surface area contributed by atoms with Crippen molar-refractivity contribution in [3.63, 3.8) is 0 Å². The van der Waals surface area contributed by atoms with Gasteiger partial charge in [-0.25, -0.2) is 4.98 Å². The van der Waals surface area contributed by atoms with Crippen LogP contribution in [0.4, 0.5) is 5.82 Å². The normalized spacial score (nSPS) is 15.1. The van der Waals surface area contributed by atoms with Crippen molar-refractivity contribution >= 4 is 17.7 Å². The highest BCUT2D eigenvalue weighted by Gasteiger charge is 2.24. The van der Waals surface area contributed by atoms with E-state index in [-0.39, 0.29) is 11.8 Å². The Morgan fingerprint density at radius 1 is 1.19 bits per heavy atom. The van der Waals surface area contributed by atoms with Gasteiger partial charge < -0.3 is 21.3 Å². The molecule has 0 unspecified atom stereocenters. The molecule has 2 heterocycles. The number of rotatable bonds is 7. The van der Waals surface area contributed by atoms with Crippen LogP contribution in [0.1, 0.15) is 35.1 Å². The largest absolute Gasteiger partial charge is 0.369 e. The van der Waals surface area contributed by atoms with Crippen molar-refractivity contribution in [2.24, 2.45) is 16.6 Å². The van der Waals surface area contributed by atoms with Crippen molar-refractivity contribution < 1.29 is 4.79 Å². The number of anilines is 1. The second-order valence-corrected chi connectivity index (χ2v) is 8.25. The number of benzene rings is 1. The lowest BCUT2D eigenvalue weighted by molar-refractivity contribution is -0.122. The molecule has 1 aromatic heterocycles. The summed E-state index contributed by atoms with van der Waals surface area (Å²) in [7, 11) is 1.78. The molecule has 1 saturated heterocycles. The first-order valence-electron chi connectivity index (χ1n) is 11.0. The van der Waals surface area contributed by atoms with Crippen LogP contribution >= 0.6 is 0 Å². The summed E-state index contributed by atoms with van der Waals surface area (Å²) in [6, 6.07) is 10.7. The summed E-state index contributed by atoms with van der Waals surface area (Å²) in [6.07, 6.45) is 4.31. The van der Waals surface area contributed by atoms with Crippen LogP contribution in [-0.4, -0.2) is 43.5 Å². The van der Waals surface area contributed by atoms with Crippen LogP contribution in [0.2, 0.25) is 0 Å². The van der Waals surface area contributed by atoms with Gasteiger partial charge in [-0.3, -0.25) is 9.79 Å². The molecule has 3 rings (SSSR count). The second kappa shape index (κ2) is 10.8. The number of aromatic nitrogens is 1. The molecule has 7 heteroatoms. The quantitative estimate of drug-likeness (QED) is 0.470. The van der Waals surface area contributed by atoms with Crippen LogP contribution in [0.25, 0.3) is 0 Å². The third kappa shape index (κ3) is 6.44. The summed E-state index contributed by atoms with van der Waals surface area (Å²) in [6.45, 7) is 7.28. The smallest absolute Gasteiger partial charge is 0.220 e. The molecule has 0 radical (unpaired) electrons. The SMILES string of the molecule is CN=C(NCCc1cc(C)cc(C)c1)NCc1cccnc1N1CCC(C(N)=O)CC1. The van der Waals surface area contributed by atoms with E-state index in [0.29, 0.717) is 6.54 Å². The van der Waals surface area contributed by atoms with Gasteiger partial charge in [0, 0.05) is 50.9 Å². The third-order valence-corrected chi connectivity index (χ3v) is 5.72. The van der Waals surface area contributed by atoms with Crippen LogP contribution in [-0.2, 0) is 17.8 Å². The number of nitrogens with two attached hydrogens (primary N) is 1. The van der Waals surface area contributed by atoms with Crippen LogP contribution < -0.4 is 21.3 Å². The van der Waals surface area contributed by atoms with E-state index in [2.05, 4.69) is 63.6 Å². The lowest BCUT2D eigenvalue weighted by Crippen LogP contribution is -2.40. The fourth-order valence-corrected chi connectivity index (χ4v) is 4.17. The standard InChI is InChI=1S/C24H34N6O/c1-17-13-18(2)15-19(14-17)6-10-28-24(26-3)29-16-21-5-4-9-27-23(21)30-11-7-20(8-12-30)22(25)31/h4-5,9,13-15,20H,6-8,10-12,16H2,1-3H3,(H2,25,31)(H2,26,28,29). The number of aryl methyl sites for hydroxylation is 2. The Hall–Kier alpha value is -3.09. The number of amides is 1. The van der Waals surface area contributed by atoms with E-state index in [1.807, 2.05) is 12.3 Å². The molecule has 2 aromatic rings. The van der Waals surface area contributed by atoms with Crippen molar-refractivity contribution in [3.8, 4) is 0 Å². The predicted octanol–water partition coefficient (Wildman–Crippen LogP) is 2.31. The highest BCUT2D eigenvalue weighted by Crippen LogP contribution is 2.24. The Kier molecular flexibility index (Phi) is 7.87. The summed E-state index contributed by atoms with van der Waals surface area (Å²) in [5.74, 6) is 1.51. The van der Waals surface area contributed by atoms with Crippen LogP contribution in [0, 0.1) is 19.8 Å². The molecule has 166 valence electrons. The van der Waals surface area contributed by atoms with Crippen molar-refractivity contribution in [1.82, 2.24) is 15.6 Å². The maximum absolute atomic E-state index is 11.4. The van der Waals surface area contributed by atoms with E-state index in [0.717, 1.165) is 56.2 Å². The molecule has 1 aliphatic rings. The van der Waals surface area contributed by atoms with E-state index in [9.17, 15) is 4.79 Å². The molecule has 7 nitrogen and oxygen atoms in total. The molecular formula is C24H34N6O. The summed E-state index contributed by atoms with van der Waals surface area (Å²) >= 11 is 0. The molecule has 1 amide bonds. The van der Waals surface area contributed by atoms with Gasteiger partial charge in [-0.2, -0.15) is 0 Å². The van der Waals surface area contributed by atoms with E-state index in [1.54, 1.807) is 7.05 Å². The zero-order valence-corrected chi connectivity index (χ0v) is 18.8. The molecule has 1 aromatic carbocycles. The Morgan fingerprint density at radius 3 is 2.55 bits per heavy atom. The summed E-state index contributed by atoms with van der Waals surface area (Å²) in [4.78, 5) is 22.6. The van der Waals surface area contributed by atoms with Gasteiger partial charge in [-0.15, -0.1) is 0 Å². The highest BCUT2D eigenvalue weighted by molar-refractivity contribution is 5.79. The van der Waals surface area contributed by atoms with E-state index < -0.39 is 0 Å². The van der Waals surface area contributed by atoms with E-state index in [4.69, 9.17) is 5.73 Å². The molecule has 1 fully saturated rings. The Balaban J connectivity index is 1.53.